The first-order valence-electron chi connectivity index (χ1n) is 6.46. The Hall–Kier alpha value is -1.38. The number of hydrogen-bond acceptors (Lipinski definition) is 1. The second-order valence-corrected chi connectivity index (χ2v) is 6.63. The van der Waals surface area contributed by atoms with Crippen LogP contribution < -0.4 is 5.32 Å². The van der Waals surface area contributed by atoms with Gasteiger partial charge in [0, 0.05) is 17.5 Å². The van der Waals surface area contributed by atoms with Gasteiger partial charge in [0.25, 0.3) is 0 Å². The molecule has 0 atom stereocenters. The van der Waals surface area contributed by atoms with E-state index in [9.17, 15) is 9.18 Å². The van der Waals surface area contributed by atoms with E-state index in [1.54, 1.807) is 0 Å². The molecule has 2 nitrogen and oxygen atoms in total. The topological polar surface area (TPSA) is 29.1 Å². The Morgan fingerprint density at radius 1 is 1.28 bits per heavy atom. The van der Waals surface area contributed by atoms with Crippen LogP contribution in [0.3, 0.4) is 0 Å². The number of hydrogen-bond donors (Lipinski definition) is 1. The third-order valence-corrected chi connectivity index (χ3v) is 4.11. The number of rotatable bonds is 0. The summed E-state index contributed by atoms with van der Waals surface area (Å²) >= 11 is 0. The van der Waals surface area contributed by atoms with Crippen molar-refractivity contribution in [2.75, 3.05) is 5.32 Å². The molecule has 0 aromatic heterocycles. The maximum Gasteiger partial charge on any atom is 0.225 e. The Bertz CT molecular complexity index is 538. The van der Waals surface area contributed by atoms with Crippen LogP contribution in [0.1, 0.15) is 51.2 Å². The lowest BCUT2D eigenvalue weighted by Gasteiger charge is -2.29. The maximum absolute atomic E-state index is 14.1. The average molecular weight is 247 g/mol. The zero-order valence-electron chi connectivity index (χ0n) is 11.1. The summed E-state index contributed by atoms with van der Waals surface area (Å²) < 4.78 is 14.1. The fourth-order valence-electron chi connectivity index (χ4n) is 2.88. The van der Waals surface area contributed by atoms with Crippen LogP contribution in [0.25, 0.3) is 0 Å². The van der Waals surface area contributed by atoms with Gasteiger partial charge in [-0.15, -0.1) is 0 Å². The third-order valence-electron chi connectivity index (χ3n) is 4.11. The van der Waals surface area contributed by atoms with E-state index in [-0.39, 0.29) is 22.6 Å². The lowest BCUT2D eigenvalue weighted by Crippen LogP contribution is -2.28. The highest BCUT2D eigenvalue weighted by Gasteiger charge is 2.50. The molecule has 96 valence electrons. The molecule has 1 spiro atoms. The average Bonchev–Trinajstić information content (AvgIpc) is 2.95. The number of nitrogens with one attached hydrogen (secondary N) is 1. The summed E-state index contributed by atoms with van der Waals surface area (Å²) in [6, 6.07) is 3.46. The largest absolute Gasteiger partial charge is 0.326 e. The highest BCUT2D eigenvalue weighted by atomic mass is 19.1. The highest BCUT2D eigenvalue weighted by Crippen LogP contribution is 2.56. The fraction of sp³-hybridized carbons (Fsp3) is 0.533. The Kier molecular flexibility index (Phi) is 2.17. The van der Waals surface area contributed by atoms with Crippen molar-refractivity contribution >= 4 is 11.6 Å². The van der Waals surface area contributed by atoms with Crippen LogP contribution in [-0.2, 0) is 15.6 Å². The summed E-state index contributed by atoms with van der Waals surface area (Å²) in [6.07, 6.45) is 2.64. The minimum absolute atomic E-state index is 0.00532. The molecule has 1 aliphatic carbocycles. The quantitative estimate of drug-likeness (QED) is 0.747. The van der Waals surface area contributed by atoms with Crippen molar-refractivity contribution in [3.63, 3.8) is 0 Å². The lowest BCUT2D eigenvalue weighted by molar-refractivity contribution is -0.117. The predicted molar refractivity (Wildman–Crippen MR) is 69.3 cm³/mol. The van der Waals surface area contributed by atoms with Crippen LogP contribution in [-0.4, -0.2) is 5.91 Å². The number of halogens is 1. The first kappa shape index (κ1) is 11.7. The molecule has 0 unspecified atom stereocenters. The van der Waals surface area contributed by atoms with Crippen LogP contribution in [0, 0.1) is 5.82 Å². The van der Waals surface area contributed by atoms with Crippen molar-refractivity contribution in [3.8, 4) is 0 Å². The van der Waals surface area contributed by atoms with Gasteiger partial charge in [0.2, 0.25) is 5.91 Å². The molecule has 3 heteroatoms. The van der Waals surface area contributed by atoms with Gasteiger partial charge < -0.3 is 5.32 Å². The normalized spacial score (nSPS) is 20.6. The minimum atomic E-state index is -0.223. The SMILES string of the molecule is CC(C)(C)c1cc2c(cc1F)NC(=O)CC21CC1. The monoisotopic (exact) mass is 247 g/mol. The smallest absolute Gasteiger partial charge is 0.225 e. The molecule has 1 aromatic rings. The number of amides is 1. The fourth-order valence-corrected chi connectivity index (χ4v) is 2.88. The van der Waals surface area contributed by atoms with Crippen LogP contribution in [0.2, 0.25) is 0 Å². The molecule has 2 aliphatic rings. The van der Waals surface area contributed by atoms with Gasteiger partial charge in [-0.2, -0.15) is 0 Å². The molecule has 0 radical (unpaired) electrons. The third kappa shape index (κ3) is 1.64. The van der Waals surface area contributed by atoms with E-state index in [2.05, 4.69) is 5.32 Å². The Labute approximate surface area is 107 Å². The van der Waals surface area contributed by atoms with Gasteiger partial charge in [-0.1, -0.05) is 20.8 Å². The molecule has 0 saturated heterocycles. The molecular formula is C15H18FNO. The van der Waals surface area contributed by atoms with E-state index in [0.717, 1.165) is 24.0 Å². The number of carbonyl (C=O) groups excluding carboxylic acids is 1. The van der Waals surface area contributed by atoms with E-state index in [1.807, 2.05) is 26.8 Å². The zero-order chi connectivity index (χ0) is 13.1. The first-order chi connectivity index (χ1) is 8.32. The second kappa shape index (κ2) is 3.34. The van der Waals surface area contributed by atoms with Crippen LogP contribution in [0.4, 0.5) is 10.1 Å². The maximum atomic E-state index is 14.1. The molecule has 0 bridgehead atoms. The van der Waals surface area contributed by atoms with Crippen molar-refractivity contribution in [2.45, 2.75) is 50.9 Å². The number of fused-ring (bicyclic) bond motifs is 2. The van der Waals surface area contributed by atoms with Crippen LogP contribution in [0.15, 0.2) is 12.1 Å². The van der Waals surface area contributed by atoms with Gasteiger partial charge in [0.15, 0.2) is 0 Å². The van der Waals surface area contributed by atoms with Crippen molar-refractivity contribution in [1.29, 1.82) is 0 Å². The first-order valence-corrected chi connectivity index (χ1v) is 6.46. The number of benzene rings is 1. The van der Waals surface area contributed by atoms with E-state index in [1.165, 1.54) is 6.07 Å². The van der Waals surface area contributed by atoms with Gasteiger partial charge in [-0.05, 0) is 41.5 Å². The Morgan fingerprint density at radius 3 is 2.50 bits per heavy atom. The van der Waals surface area contributed by atoms with E-state index >= 15 is 0 Å². The number of carbonyl (C=O) groups is 1. The van der Waals surface area contributed by atoms with Gasteiger partial charge in [-0.25, -0.2) is 4.39 Å². The molecule has 1 amide bonds. The number of anilines is 1. The molecule has 1 heterocycles. The van der Waals surface area contributed by atoms with Crippen molar-refractivity contribution in [1.82, 2.24) is 0 Å². The summed E-state index contributed by atoms with van der Waals surface area (Å²) in [7, 11) is 0. The molecule has 1 fully saturated rings. The molecule has 3 rings (SSSR count). The standard InChI is InChI=1S/C15H18FNO/c1-14(2,3)9-6-10-12(7-11(9)16)17-13(18)8-15(10)4-5-15/h6-7H,4-5,8H2,1-3H3,(H,17,18). The van der Waals surface area contributed by atoms with Gasteiger partial charge in [-0.3, -0.25) is 4.79 Å². The summed E-state index contributed by atoms with van der Waals surface area (Å²) in [5.74, 6) is -0.206. The molecule has 1 saturated carbocycles. The Balaban J connectivity index is 2.18. The van der Waals surface area contributed by atoms with Crippen molar-refractivity contribution < 1.29 is 9.18 Å². The molecule has 1 aliphatic heterocycles. The molecule has 1 N–H and O–H groups in total. The Morgan fingerprint density at radius 2 is 1.94 bits per heavy atom. The highest BCUT2D eigenvalue weighted by molar-refractivity contribution is 5.96. The van der Waals surface area contributed by atoms with Gasteiger partial charge in [0.1, 0.15) is 5.82 Å². The van der Waals surface area contributed by atoms with E-state index in [0.29, 0.717) is 12.1 Å². The predicted octanol–water partition coefficient (Wildman–Crippen LogP) is 3.50. The van der Waals surface area contributed by atoms with Gasteiger partial charge in [0.05, 0.1) is 0 Å². The summed E-state index contributed by atoms with van der Waals surface area (Å²) in [5, 5.41) is 2.80. The summed E-state index contributed by atoms with van der Waals surface area (Å²) in [6.45, 7) is 6.04. The van der Waals surface area contributed by atoms with Crippen molar-refractivity contribution in [2.24, 2.45) is 0 Å². The molecule has 1 aromatic carbocycles. The molecular weight excluding hydrogens is 229 g/mol. The minimum Gasteiger partial charge on any atom is -0.326 e. The molecule has 18 heavy (non-hydrogen) atoms. The second-order valence-electron chi connectivity index (χ2n) is 6.63. The van der Waals surface area contributed by atoms with E-state index in [4.69, 9.17) is 0 Å². The summed E-state index contributed by atoms with van der Waals surface area (Å²) in [5.41, 5.74) is 2.34. The van der Waals surface area contributed by atoms with Crippen LogP contribution in [0.5, 0.6) is 0 Å². The van der Waals surface area contributed by atoms with Crippen molar-refractivity contribution in [3.05, 3.63) is 29.1 Å². The van der Waals surface area contributed by atoms with E-state index < -0.39 is 0 Å². The van der Waals surface area contributed by atoms with Gasteiger partial charge >= 0.3 is 0 Å². The van der Waals surface area contributed by atoms with Crippen LogP contribution >= 0.6 is 0 Å². The zero-order valence-corrected chi connectivity index (χ0v) is 11.1. The summed E-state index contributed by atoms with van der Waals surface area (Å²) in [4.78, 5) is 11.6. The lowest BCUT2D eigenvalue weighted by atomic mass is 9.80.